The number of phenols is 3. The minimum absolute atomic E-state index is 0.114. The molecule has 0 aliphatic heterocycles. The number of phenolic OH excluding ortho intramolecular Hbond substituents is 3. The molecule has 7 nitrogen and oxygen atoms in total. The molecule has 0 spiro atoms. The Kier molecular flexibility index (Phi) is 17.8. The zero-order valence-electron chi connectivity index (χ0n) is 58.3. The van der Waals surface area contributed by atoms with Gasteiger partial charge in [-0.15, -0.1) is 0 Å². The summed E-state index contributed by atoms with van der Waals surface area (Å²) >= 11 is 0. The molecule has 0 saturated heterocycles. The molecule has 5 aliphatic rings. The average Bonchev–Trinajstić information content (AvgIpc) is 1.69. The number of nitrogens with zero attached hydrogens (tertiary/aromatic N) is 2. The van der Waals surface area contributed by atoms with E-state index in [1.165, 1.54) is 87.4 Å². The lowest BCUT2D eigenvalue weighted by Crippen LogP contribution is -2.53. The molecule has 15 rings (SSSR count). The second kappa shape index (κ2) is 26.0. The van der Waals surface area contributed by atoms with Crippen LogP contribution in [0.5, 0.6) is 17.2 Å². The van der Waals surface area contributed by atoms with Crippen LogP contribution in [-0.2, 0) is 16.2 Å². The number of rotatable bonds is 11. The van der Waals surface area contributed by atoms with Crippen molar-refractivity contribution in [2.45, 2.75) is 149 Å². The van der Waals surface area contributed by atoms with Gasteiger partial charge < -0.3 is 35.3 Å². The number of para-hydroxylation sites is 2. The quantitative estimate of drug-likeness (QED) is 0.0649. The summed E-state index contributed by atoms with van der Waals surface area (Å²) < 4.78 is 0. The second-order valence-corrected chi connectivity index (χ2v) is 30.5. The maximum absolute atomic E-state index is 10.9. The Hall–Kier alpha value is -9.14. The van der Waals surface area contributed by atoms with Crippen LogP contribution in [0.3, 0.4) is 0 Å². The predicted octanol–water partition coefficient (Wildman–Crippen LogP) is 22.1. The van der Waals surface area contributed by atoms with Gasteiger partial charge in [-0.3, -0.25) is 0 Å². The molecule has 7 atom stereocenters. The largest absolute Gasteiger partial charge is 0.508 e. The van der Waals surface area contributed by atoms with Crippen molar-refractivity contribution >= 4 is 34.1 Å². The molecule has 3 fully saturated rings. The maximum Gasteiger partial charge on any atom is 0.115 e. The van der Waals surface area contributed by atoms with E-state index in [2.05, 4.69) is 255 Å². The van der Waals surface area contributed by atoms with E-state index in [0.29, 0.717) is 11.3 Å². The molecular formula is C90H96N2O5. The van der Waals surface area contributed by atoms with Crippen LogP contribution in [0, 0.1) is 42.4 Å². The lowest BCUT2D eigenvalue weighted by atomic mass is 9.47. The van der Waals surface area contributed by atoms with Gasteiger partial charge in [-0.05, 0) is 278 Å². The molecule has 6 unspecified atom stereocenters. The van der Waals surface area contributed by atoms with Gasteiger partial charge >= 0.3 is 0 Å². The smallest absolute Gasteiger partial charge is 0.115 e. The van der Waals surface area contributed by atoms with Crippen molar-refractivity contribution in [3.8, 4) is 28.4 Å². The Morgan fingerprint density at radius 2 is 0.814 bits per heavy atom. The topological polar surface area (TPSA) is 108 Å². The van der Waals surface area contributed by atoms with Crippen LogP contribution in [0.15, 0.2) is 254 Å². The molecule has 0 radical (unpaired) electrons. The van der Waals surface area contributed by atoms with Gasteiger partial charge in [0.15, 0.2) is 0 Å². The third-order valence-corrected chi connectivity index (χ3v) is 24.0. The highest BCUT2D eigenvalue weighted by Crippen LogP contribution is 2.67. The fraction of sp³-hybridized carbons (Fsp3) is 0.311. The van der Waals surface area contributed by atoms with Crippen molar-refractivity contribution in [1.82, 2.24) is 0 Å². The first kappa shape index (κ1) is 66.5. The number of allylic oxidation sites excluding steroid dienone is 1. The third-order valence-electron chi connectivity index (χ3n) is 24.0. The van der Waals surface area contributed by atoms with Crippen LogP contribution in [0.1, 0.15) is 157 Å². The van der Waals surface area contributed by atoms with Gasteiger partial charge in [0.25, 0.3) is 0 Å². The molecule has 97 heavy (non-hydrogen) atoms. The molecule has 10 aromatic carbocycles. The van der Waals surface area contributed by atoms with Crippen LogP contribution >= 0.6 is 0 Å². The summed E-state index contributed by atoms with van der Waals surface area (Å²) in [7, 11) is 0. The molecule has 3 saturated carbocycles. The SMILES string of the molecule is CC(C)(c1ccc(O)cc1)c1ccc(C(C)(c2ccc(O)cc2)c2ccc(O)cc2)cc1.CC12CCC(O)CC1=CCC1C2CCC2(C)C1CC[C@]2(C)O.Cc1cccc(N(c2ccccc2)c2ccc3c(c2)C(C)(C)c2cc(N(c4ccccc4)c4cccc(C)c4)ccc2-3)c1. The fourth-order valence-corrected chi connectivity index (χ4v) is 17.8. The van der Waals surface area contributed by atoms with E-state index in [0.717, 1.165) is 71.1 Å². The van der Waals surface area contributed by atoms with Gasteiger partial charge in [0.05, 0.1) is 11.7 Å². The number of fused-ring (bicyclic) bond motifs is 8. The minimum atomic E-state index is -0.476. The number of aliphatic hydroxyl groups excluding tert-OH is 1. The van der Waals surface area contributed by atoms with E-state index in [4.69, 9.17) is 0 Å². The average molecular weight is 1290 g/mol. The zero-order valence-corrected chi connectivity index (χ0v) is 58.3. The van der Waals surface area contributed by atoms with Gasteiger partial charge in [0, 0.05) is 50.4 Å². The number of aliphatic hydroxyl groups is 2. The van der Waals surface area contributed by atoms with Crippen LogP contribution in [-0.4, -0.2) is 37.2 Å². The van der Waals surface area contributed by atoms with E-state index in [9.17, 15) is 25.5 Å². The number of hydrogen-bond donors (Lipinski definition) is 5. The van der Waals surface area contributed by atoms with Gasteiger partial charge in [0.2, 0.25) is 0 Å². The fourth-order valence-electron chi connectivity index (χ4n) is 17.8. The molecular weight excluding hydrogens is 1190 g/mol. The van der Waals surface area contributed by atoms with E-state index >= 15 is 0 Å². The summed E-state index contributed by atoms with van der Waals surface area (Å²) in [6, 6.07) is 83.4. The Morgan fingerprint density at radius 3 is 1.27 bits per heavy atom. The minimum Gasteiger partial charge on any atom is -0.508 e. The predicted molar refractivity (Wildman–Crippen MR) is 400 cm³/mol. The van der Waals surface area contributed by atoms with E-state index in [-0.39, 0.29) is 39.6 Å². The van der Waals surface area contributed by atoms with Crippen LogP contribution < -0.4 is 9.80 Å². The van der Waals surface area contributed by atoms with E-state index < -0.39 is 11.0 Å². The van der Waals surface area contributed by atoms with Crippen molar-refractivity contribution in [3.05, 3.63) is 304 Å². The molecule has 496 valence electrons. The Balaban J connectivity index is 0.000000139. The Bertz CT molecular complexity index is 4270. The van der Waals surface area contributed by atoms with Crippen LogP contribution in [0.2, 0.25) is 0 Å². The van der Waals surface area contributed by atoms with Crippen molar-refractivity contribution in [2.75, 3.05) is 9.80 Å². The standard InChI is InChI=1S/C41H36N2.C29H28O3.C20H32O2/c1-29-13-11-19-33(25-29)42(31-15-7-5-8-16-31)35-21-23-37-38-24-22-36(28-40(38)41(3,4)39(37)27-35)43(32-17-9-6-10-18-32)34-20-12-14-30(2)26-34;1-28(2,21-8-14-25(30)15-9-21)20-4-6-22(7-5-20)29(3,23-10-16-26(31)17-11-23)24-12-18-27(32)19-13-24;1-18-9-6-14(21)12-13(18)4-5-15-16(18)7-10-19(2)17(15)8-11-20(19,3)22/h5-28H,1-4H3;4-19,30-32H,1-3H3;4,14-17,21-22H,5-12H2,1-3H3/t;;14?,15?,16?,17?,18?,19?,20-/m..0/s1. The normalized spacial score (nSPS) is 22.7. The van der Waals surface area contributed by atoms with Crippen molar-refractivity contribution in [3.63, 3.8) is 0 Å². The second-order valence-electron chi connectivity index (χ2n) is 30.5. The number of hydrogen-bond acceptors (Lipinski definition) is 7. The first-order valence-corrected chi connectivity index (χ1v) is 35.1. The zero-order chi connectivity index (χ0) is 68.2. The first-order chi connectivity index (χ1) is 46.4. The lowest BCUT2D eigenvalue weighted by molar-refractivity contribution is -0.115. The van der Waals surface area contributed by atoms with Crippen molar-refractivity contribution < 1.29 is 25.5 Å². The molecule has 0 amide bonds. The molecule has 5 aliphatic carbocycles. The lowest BCUT2D eigenvalue weighted by Gasteiger charge is -2.58. The van der Waals surface area contributed by atoms with Crippen molar-refractivity contribution in [1.29, 1.82) is 0 Å². The molecule has 0 bridgehead atoms. The van der Waals surface area contributed by atoms with Gasteiger partial charge in [0.1, 0.15) is 17.2 Å². The first-order valence-electron chi connectivity index (χ1n) is 35.1. The summed E-state index contributed by atoms with van der Waals surface area (Å²) in [6.07, 6.45) is 11.2. The Morgan fingerprint density at radius 1 is 0.412 bits per heavy atom. The third kappa shape index (κ3) is 12.4. The number of aromatic hydroxyl groups is 3. The molecule has 5 N–H and O–H groups in total. The van der Waals surface area contributed by atoms with E-state index in [1.54, 1.807) is 42.0 Å². The molecule has 10 aromatic rings. The summed E-state index contributed by atoms with van der Waals surface area (Å²) in [5.74, 6) is 2.92. The number of aryl methyl sites for hydroxylation is 2. The number of anilines is 6. The summed E-state index contributed by atoms with van der Waals surface area (Å²) in [6.45, 7) is 22.5. The van der Waals surface area contributed by atoms with Crippen LogP contribution in [0.25, 0.3) is 11.1 Å². The monoisotopic (exact) mass is 1280 g/mol. The summed E-state index contributed by atoms with van der Waals surface area (Å²) in [4.78, 5) is 4.74. The summed E-state index contributed by atoms with van der Waals surface area (Å²) in [5, 5.41) is 50.2. The van der Waals surface area contributed by atoms with E-state index in [1.807, 2.05) is 36.4 Å². The highest BCUT2D eigenvalue weighted by atomic mass is 16.3. The molecule has 0 heterocycles. The van der Waals surface area contributed by atoms with Gasteiger partial charge in [-0.2, -0.15) is 0 Å². The van der Waals surface area contributed by atoms with Crippen molar-refractivity contribution in [2.24, 2.45) is 28.6 Å². The molecule has 7 heteroatoms. The van der Waals surface area contributed by atoms with Crippen LogP contribution in [0.4, 0.5) is 34.1 Å². The number of benzene rings is 10. The maximum atomic E-state index is 10.9. The Labute approximate surface area is 576 Å². The van der Waals surface area contributed by atoms with Gasteiger partial charge in [-0.1, -0.05) is 187 Å². The highest BCUT2D eigenvalue weighted by Gasteiger charge is 2.62. The molecule has 0 aromatic heterocycles. The highest BCUT2D eigenvalue weighted by molar-refractivity contribution is 5.88. The van der Waals surface area contributed by atoms with Gasteiger partial charge in [-0.25, -0.2) is 0 Å². The summed E-state index contributed by atoms with van der Waals surface area (Å²) in [5.41, 5.74) is 21.0.